The number of hydrogen-bond acceptors (Lipinski definition) is 7. The van der Waals surface area contributed by atoms with Crippen LogP contribution in [0.2, 0.25) is 0 Å². The molecule has 3 rings (SSSR count). The maximum absolute atomic E-state index is 12.0. The van der Waals surface area contributed by atoms with Crippen molar-refractivity contribution < 1.29 is 23.7 Å². The summed E-state index contributed by atoms with van der Waals surface area (Å²) in [6.45, 7) is 3.76. The number of hydrogen-bond donors (Lipinski definition) is 0. The average Bonchev–Trinajstić information content (AvgIpc) is 3.06. The molecule has 1 amide bonds. The van der Waals surface area contributed by atoms with Crippen LogP contribution in [0.3, 0.4) is 0 Å². The summed E-state index contributed by atoms with van der Waals surface area (Å²) >= 11 is 0. The van der Waals surface area contributed by atoms with E-state index in [0.29, 0.717) is 32.1 Å². The lowest BCUT2D eigenvalue weighted by Gasteiger charge is -2.26. The first-order chi connectivity index (χ1) is 13.0. The van der Waals surface area contributed by atoms with Crippen LogP contribution >= 0.6 is 0 Å². The lowest BCUT2D eigenvalue weighted by Crippen LogP contribution is -2.42. The lowest BCUT2D eigenvalue weighted by molar-refractivity contribution is -0.386. The number of ether oxygens (including phenoxy) is 2. The van der Waals surface area contributed by atoms with E-state index in [0.717, 1.165) is 5.56 Å². The Kier molecular flexibility index (Phi) is 5.82. The standard InChI is InChI=1S/C18H19N3O6/c1-13-18(21(23)24)16(27-19-13)7-4-14-2-5-15(6-3-14)26-12-17(22)20-8-10-25-11-9-20/h2-7H,8-12H2,1H3/b7-4-. The topological polar surface area (TPSA) is 108 Å². The minimum Gasteiger partial charge on any atom is -0.484 e. The second kappa shape index (κ2) is 8.45. The Morgan fingerprint density at radius 3 is 2.67 bits per heavy atom. The van der Waals surface area contributed by atoms with Crippen molar-refractivity contribution in [2.75, 3.05) is 32.9 Å². The fraction of sp³-hybridized carbons (Fsp3) is 0.333. The predicted molar refractivity (Wildman–Crippen MR) is 96.2 cm³/mol. The molecule has 0 N–H and O–H groups in total. The molecule has 0 aliphatic carbocycles. The van der Waals surface area contributed by atoms with Crippen molar-refractivity contribution in [1.29, 1.82) is 0 Å². The van der Waals surface area contributed by atoms with Crippen molar-refractivity contribution in [2.24, 2.45) is 0 Å². The zero-order chi connectivity index (χ0) is 19.2. The number of nitrogens with zero attached hydrogens (tertiary/aromatic N) is 3. The largest absolute Gasteiger partial charge is 0.484 e. The normalized spacial score (nSPS) is 14.5. The third kappa shape index (κ3) is 4.70. The van der Waals surface area contributed by atoms with Crippen molar-refractivity contribution in [2.45, 2.75) is 6.92 Å². The highest BCUT2D eigenvalue weighted by molar-refractivity contribution is 5.78. The van der Waals surface area contributed by atoms with Crippen LogP contribution in [0.1, 0.15) is 17.0 Å². The van der Waals surface area contributed by atoms with Crippen LogP contribution in [-0.2, 0) is 9.53 Å². The highest BCUT2D eigenvalue weighted by atomic mass is 16.6. The van der Waals surface area contributed by atoms with Gasteiger partial charge < -0.3 is 18.9 Å². The molecule has 1 aliphatic rings. The average molecular weight is 373 g/mol. The van der Waals surface area contributed by atoms with Crippen LogP contribution in [0.4, 0.5) is 5.69 Å². The Balaban J connectivity index is 1.57. The molecular weight excluding hydrogens is 354 g/mol. The van der Waals surface area contributed by atoms with Crippen LogP contribution in [0, 0.1) is 17.0 Å². The SMILES string of the molecule is Cc1noc(/C=C\c2ccc(OCC(=O)N3CCOCC3)cc2)c1[N+](=O)[O-]. The van der Waals surface area contributed by atoms with Gasteiger partial charge in [-0.05, 0) is 30.7 Å². The molecule has 0 radical (unpaired) electrons. The molecule has 0 unspecified atom stereocenters. The van der Waals surface area contributed by atoms with Gasteiger partial charge in [0.05, 0.1) is 18.1 Å². The van der Waals surface area contributed by atoms with Crippen molar-refractivity contribution >= 4 is 23.7 Å². The molecule has 0 saturated carbocycles. The molecule has 9 nitrogen and oxygen atoms in total. The molecule has 0 atom stereocenters. The van der Waals surface area contributed by atoms with Gasteiger partial charge in [0.2, 0.25) is 5.76 Å². The van der Waals surface area contributed by atoms with E-state index in [2.05, 4.69) is 5.16 Å². The maximum atomic E-state index is 12.0. The van der Waals surface area contributed by atoms with Gasteiger partial charge in [0.25, 0.3) is 5.91 Å². The Morgan fingerprint density at radius 1 is 1.30 bits per heavy atom. The Hall–Kier alpha value is -3.20. The van der Waals surface area contributed by atoms with Crippen LogP contribution < -0.4 is 4.74 Å². The molecule has 1 saturated heterocycles. The monoisotopic (exact) mass is 373 g/mol. The van der Waals surface area contributed by atoms with E-state index in [1.807, 2.05) is 0 Å². The fourth-order valence-corrected chi connectivity index (χ4v) is 2.61. The summed E-state index contributed by atoms with van der Waals surface area (Å²) in [6.07, 6.45) is 3.17. The van der Waals surface area contributed by atoms with Gasteiger partial charge in [0, 0.05) is 13.1 Å². The van der Waals surface area contributed by atoms with Crippen molar-refractivity contribution in [3.63, 3.8) is 0 Å². The fourth-order valence-electron chi connectivity index (χ4n) is 2.61. The molecule has 2 heterocycles. The van der Waals surface area contributed by atoms with Gasteiger partial charge in [0.1, 0.15) is 5.75 Å². The number of aryl methyl sites for hydroxylation is 1. The molecule has 1 aliphatic heterocycles. The zero-order valence-corrected chi connectivity index (χ0v) is 14.8. The van der Waals surface area contributed by atoms with Gasteiger partial charge in [-0.1, -0.05) is 23.4 Å². The quantitative estimate of drug-likeness (QED) is 0.565. The minimum atomic E-state index is -0.520. The first kappa shape index (κ1) is 18.6. The third-order valence-electron chi connectivity index (χ3n) is 4.07. The van der Waals surface area contributed by atoms with Crippen molar-refractivity contribution in [3.05, 3.63) is 51.4 Å². The minimum absolute atomic E-state index is 0.0290. The second-order valence-corrected chi connectivity index (χ2v) is 5.92. The number of aromatic nitrogens is 1. The van der Waals surface area contributed by atoms with Gasteiger partial charge in [-0.3, -0.25) is 14.9 Å². The molecule has 0 bridgehead atoms. The summed E-state index contributed by atoms with van der Waals surface area (Å²) in [7, 11) is 0. The number of amides is 1. The van der Waals surface area contributed by atoms with Crippen molar-refractivity contribution in [1.82, 2.24) is 10.1 Å². The molecule has 1 aromatic carbocycles. The van der Waals surface area contributed by atoms with E-state index in [4.69, 9.17) is 14.0 Å². The molecule has 142 valence electrons. The van der Waals surface area contributed by atoms with Gasteiger partial charge in [0.15, 0.2) is 12.3 Å². The van der Waals surface area contributed by atoms with Gasteiger partial charge in [-0.25, -0.2) is 0 Å². The van der Waals surface area contributed by atoms with Crippen LogP contribution in [0.5, 0.6) is 5.75 Å². The van der Waals surface area contributed by atoms with Gasteiger partial charge >= 0.3 is 5.69 Å². The van der Waals surface area contributed by atoms with Crippen molar-refractivity contribution in [3.8, 4) is 5.75 Å². The van der Waals surface area contributed by atoms with E-state index in [-0.39, 0.29) is 29.7 Å². The smallest absolute Gasteiger partial charge is 0.338 e. The van der Waals surface area contributed by atoms with E-state index < -0.39 is 4.92 Å². The molecular formula is C18H19N3O6. The number of morpholine rings is 1. The molecule has 0 spiro atoms. The third-order valence-corrected chi connectivity index (χ3v) is 4.07. The van der Waals surface area contributed by atoms with Crippen LogP contribution in [0.15, 0.2) is 28.8 Å². The number of nitro groups is 1. The highest BCUT2D eigenvalue weighted by Gasteiger charge is 2.22. The Bertz CT molecular complexity index is 837. The Morgan fingerprint density at radius 2 is 2.00 bits per heavy atom. The number of rotatable bonds is 6. The Labute approximate surface area is 155 Å². The second-order valence-electron chi connectivity index (χ2n) is 5.92. The van der Waals surface area contributed by atoms with Gasteiger partial charge in [-0.2, -0.15) is 0 Å². The predicted octanol–water partition coefficient (Wildman–Crippen LogP) is 2.30. The number of benzene rings is 1. The number of carbonyl (C=O) groups is 1. The summed E-state index contributed by atoms with van der Waals surface area (Å²) < 4.78 is 15.7. The highest BCUT2D eigenvalue weighted by Crippen LogP contribution is 2.24. The summed E-state index contributed by atoms with van der Waals surface area (Å²) in [5, 5.41) is 14.6. The molecule has 2 aromatic rings. The van der Waals surface area contributed by atoms with Crippen LogP contribution in [-0.4, -0.2) is 53.8 Å². The summed E-state index contributed by atoms with van der Waals surface area (Å²) in [5.41, 5.74) is 0.881. The molecule has 1 fully saturated rings. The summed E-state index contributed by atoms with van der Waals surface area (Å²) in [5.74, 6) is 0.583. The van der Waals surface area contributed by atoms with E-state index in [1.54, 1.807) is 35.2 Å². The molecule has 1 aromatic heterocycles. The number of carbonyl (C=O) groups excluding carboxylic acids is 1. The molecule has 9 heteroatoms. The zero-order valence-electron chi connectivity index (χ0n) is 14.8. The molecule has 27 heavy (non-hydrogen) atoms. The maximum Gasteiger partial charge on any atom is 0.338 e. The summed E-state index contributed by atoms with van der Waals surface area (Å²) in [4.78, 5) is 24.3. The first-order valence-electron chi connectivity index (χ1n) is 8.42. The van der Waals surface area contributed by atoms with E-state index in [9.17, 15) is 14.9 Å². The lowest BCUT2D eigenvalue weighted by atomic mass is 10.2. The van der Waals surface area contributed by atoms with Gasteiger partial charge in [-0.15, -0.1) is 0 Å². The van der Waals surface area contributed by atoms with E-state index >= 15 is 0 Å². The summed E-state index contributed by atoms with van der Waals surface area (Å²) in [6, 6.07) is 7.01. The first-order valence-corrected chi connectivity index (χ1v) is 8.42. The van der Waals surface area contributed by atoms with Crippen LogP contribution in [0.25, 0.3) is 12.2 Å². The van der Waals surface area contributed by atoms with E-state index in [1.165, 1.54) is 13.0 Å².